The number of likely N-dealkylation sites (N-methyl/N-ethyl adjacent to an activating group) is 1. The van der Waals surface area contributed by atoms with Gasteiger partial charge in [-0.25, -0.2) is 0 Å². The quantitative estimate of drug-likeness (QED) is 0.693. The second-order valence-corrected chi connectivity index (χ2v) is 6.33. The van der Waals surface area contributed by atoms with Gasteiger partial charge in [0.25, 0.3) is 0 Å². The van der Waals surface area contributed by atoms with Crippen LogP contribution in [0.25, 0.3) is 0 Å². The average Bonchev–Trinajstić information content (AvgIpc) is 3.28. The first-order chi connectivity index (χ1) is 9.72. The van der Waals surface area contributed by atoms with Gasteiger partial charge in [0.15, 0.2) is 0 Å². The molecule has 0 aromatic heterocycles. The van der Waals surface area contributed by atoms with Crippen LogP contribution in [0.15, 0.2) is 30.3 Å². The number of nitrogens with zero attached hydrogens (tertiary/aromatic N) is 1. The summed E-state index contributed by atoms with van der Waals surface area (Å²) in [5.74, 6) is 1.29. The minimum Gasteiger partial charge on any atom is -0.315 e. The first-order valence-corrected chi connectivity index (χ1v) is 8.22. The van der Waals surface area contributed by atoms with Crippen LogP contribution in [-0.2, 0) is 0 Å². The number of hydrogen-bond acceptors (Lipinski definition) is 2. The molecule has 0 bridgehead atoms. The summed E-state index contributed by atoms with van der Waals surface area (Å²) in [5.41, 5.74) is 1.46. The van der Waals surface area contributed by atoms with Gasteiger partial charge in [0.2, 0.25) is 0 Å². The fourth-order valence-electron chi connectivity index (χ4n) is 2.96. The van der Waals surface area contributed by atoms with Crippen molar-refractivity contribution in [2.75, 3.05) is 26.2 Å². The molecule has 0 saturated heterocycles. The number of benzene rings is 1. The first-order valence-electron chi connectivity index (χ1n) is 8.22. The first kappa shape index (κ1) is 15.5. The molecule has 0 amide bonds. The van der Waals surface area contributed by atoms with Crippen molar-refractivity contribution >= 4 is 0 Å². The molecule has 1 saturated carbocycles. The van der Waals surface area contributed by atoms with Crippen molar-refractivity contribution in [3.05, 3.63) is 35.9 Å². The summed E-state index contributed by atoms with van der Waals surface area (Å²) in [4.78, 5) is 2.61. The Bertz CT molecular complexity index is 370. The van der Waals surface area contributed by atoms with Crippen molar-refractivity contribution in [2.24, 2.45) is 5.92 Å². The molecule has 112 valence electrons. The largest absolute Gasteiger partial charge is 0.315 e. The molecule has 1 fully saturated rings. The van der Waals surface area contributed by atoms with Crippen LogP contribution < -0.4 is 5.32 Å². The lowest BCUT2D eigenvalue weighted by Crippen LogP contribution is -2.35. The highest BCUT2D eigenvalue weighted by molar-refractivity contribution is 5.20. The third-order valence-corrected chi connectivity index (χ3v) is 4.44. The Morgan fingerprint density at radius 3 is 2.45 bits per heavy atom. The van der Waals surface area contributed by atoms with Gasteiger partial charge in [-0.3, -0.25) is 4.90 Å². The highest BCUT2D eigenvalue weighted by atomic mass is 15.2. The zero-order valence-electron chi connectivity index (χ0n) is 13.3. The molecule has 1 unspecified atom stereocenters. The third kappa shape index (κ3) is 4.60. The highest BCUT2D eigenvalue weighted by Crippen LogP contribution is 2.26. The van der Waals surface area contributed by atoms with E-state index in [1.807, 2.05) is 0 Å². The van der Waals surface area contributed by atoms with E-state index in [0.717, 1.165) is 19.1 Å². The summed E-state index contributed by atoms with van der Waals surface area (Å²) in [6.45, 7) is 11.5. The molecule has 1 aromatic carbocycles. The molecule has 20 heavy (non-hydrogen) atoms. The Morgan fingerprint density at radius 1 is 1.20 bits per heavy atom. The van der Waals surface area contributed by atoms with Crippen LogP contribution >= 0.6 is 0 Å². The summed E-state index contributed by atoms with van der Waals surface area (Å²) in [7, 11) is 0. The predicted molar refractivity (Wildman–Crippen MR) is 87.2 cm³/mol. The van der Waals surface area contributed by atoms with Crippen LogP contribution in [0.5, 0.6) is 0 Å². The molecule has 0 radical (unpaired) electrons. The van der Waals surface area contributed by atoms with Gasteiger partial charge < -0.3 is 5.32 Å². The van der Waals surface area contributed by atoms with Gasteiger partial charge in [0.1, 0.15) is 0 Å². The SMILES string of the molecule is CCN(CCNCC(c1ccccc1)C(C)C)C1CC1. The van der Waals surface area contributed by atoms with E-state index in [2.05, 4.69) is 61.3 Å². The van der Waals surface area contributed by atoms with Gasteiger partial charge in [-0.05, 0) is 36.8 Å². The van der Waals surface area contributed by atoms with Crippen molar-refractivity contribution in [2.45, 2.75) is 45.6 Å². The number of rotatable bonds is 9. The molecule has 1 atom stereocenters. The van der Waals surface area contributed by atoms with Gasteiger partial charge in [-0.1, -0.05) is 51.1 Å². The number of hydrogen-bond donors (Lipinski definition) is 1. The molecule has 1 aliphatic carbocycles. The summed E-state index contributed by atoms with van der Waals surface area (Å²) in [6.07, 6.45) is 2.82. The molecular formula is C18H30N2. The molecule has 1 aromatic rings. The molecule has 0 heterocycles. The zero-order chi connectivity index (χ0) is 14.4. The summed E-state index contributed by atoms with van der Waals surface area (Å²) in [5, 5.41) is 3.67. The fourth-order valence-corrected chi connectivity index (χ4v) is 2.96. The molecule has 2 rings (SSSR count). The molecule has 0 spiro atoms. The van der Waals surface area contributed by atoms with E-state index in [1.165, 1.54) is 31.5 Å². The van der Waals surface area contributed by atoms with Gasteiger partial charge in [-0.15, -0.1) is 0 Å². The van der Waals surface area contributed by atoms with Crippen LogP contribution in [0.1, 0.15) is 45.1 Å². The summed E-state index contributed by atoms with van der Waals surface area (Å²) < 4.78 is 0. The van der Waals surface area contributed by atoms with Crippen LogP contribution in [-0.4, -0.2) is 37.1 Å². The fraction of sp³-hybridized carbons (Fsp3) is 0.667. The van der Waals surface area contributed by atoms with Crippen LogP contribution in [0.4, 0.5) is 0 Å². The molecule has 2 heteroatoms. The van der Waals surface area contributed by atoms with E-state index in [9.17, 15) is 0 Å². The van der Waals surface area contributed by atoms with Crippen molar-refractivity contribution < 1.29 is 0 Å². The van der Waals surface area contributed by atoms with E-state index in [1.54, 1.807) is 0 Å². The Hall–Kier alpha value is -0.860. The smallest absolute Gasteiger partial charge is 0.0110 e. The zero-order valence-corrected chi connectivity index (χ0v) is 13.3. The lowest BCUT2D eigenvalue weighted by atomic mass is 9.88. The highest BCUT2D eigenvalue weighted by Gasteiger charge is 2.27. The monoisotopic (exact) mass is 274 g/mol. The minimum absolute atomic E-state index is 0.618. The normalized spacial score (nSPS) is 16.9. The van der Waals surface area contributed by atoms with Gasteiger partial charge in [0, 0.05) is 25.7 Å². The average molecular weight is 274 g/mol. The van der Waals surface area contributed by atoms with Crippen molar-refractivity contribution in [3.8, 4) is 0 Å². The maximum Gasteiger partial charge on any atom is 0.0110 e. The third-order valence-electron chi connectivity index (χ3n) is 4.44. The topological polar surface area (TPSA) is 15.3 Å². The van der Waals surface area contributed by atoms with Crippen LogP contribution in [0, 0.1) is 5.92 Å². The lowest BCUT2D eigenvalue weighted by Gasteiger charge is -2.24. The van der Waals surface area contributed by atoms with Crippen LogP contribution in [0.3, 0.4) is 0 Å². The Balaban J connectivity index is 1.75. The summed E-state index contributed by atoms with van der Waals surface area (Å²) >= 11 is 0. The maximum atomic E-state index is 3.67. The summed E-state index contributed by atoms with van der Waals surface area (Å²) in [6, 6.07) is 11.8. The Labute approximate surface area is 124 Å². The molecule has 1 aliphatic rings. The van der Waals surface area contributed by atoms with E-state index in [4.69, 9.17) is 0 Å². The van der Waals surface area contributed by atoms with E-state index in [-0.39, 0.29) is 0 Å². The van der Waals surface area contributed by atoms with Crippen molar-refractivity contribution in [1.29, 1.82) is 0 Å². The second-order valence-electron chi connectivity index (χ2n) is 6.33. The van der Waals surface area contributed by atoms with Crippen LogP contribution in [0.2, 0.25) is 0 Å². The molecule has 2 nitrogen and oxygen atoms in total. The van der Waals surface area contributed by atoms with E-state index < -0.39 is 0 Å². The number of nitrogens with one attached hydrogen (secondary N) is 1. The molecule has 1 N–H and O–H groups in total. The van der Waals surface area contributed by atoms with Gasteiger partial charge >= 0.3 is 0 Å². The van der Waals surface area contributed by atoms with Crippen molar-refractivity contribution in [1.82, 2.24) is 10.2 Å². The standard InChI is InChI=1S/C18H30N2/c1-4-20(17-10-11-17)13-12-19-14-18(15(2)3)16-8-6-5-7-9-16/h5-9,15,17-19H,4,10-14H2,1-3H3. The predicted octanol–water partition coefficient (Wildman–Crippen LogP) is 3.50. The van der Waals surface area contributed by atoms with E-state index >= 15 is 0 Å². The van der Waals surface area contributed by atoms with Gasteiger partial charge in [-0.2, -0.15) is 0 Å². The Morgan fingerprint density at radius 2 is 1.90 bits per heavy atom. The molecule has 0 aliphatic heterocycles. The van der Waals surface area contributed by atoms with Crippen molar-refractivity contribution in [3.63, 3.8) is 0 Å². The lowest BCUT2D eigenvalue weighted by molar-refractivity contribution is 0.275. The molecular weight excluding hydrogens is 244 g/mol. The second kappa shape index (κ2) is 7.80. The van der Waals surface area contributed by atoms with Gasteiger partial charge in [0.05, 0.1) is 0 Å². The Kier molecular flexibility index (Phi) is 6.06. The maximum absolute atomic E-state index is 3.67. The minimum atomic E-state index is 0.618. The van der Waals surface area contributed by atoms with E-state index in [0.29, 0.717) is 11.8 Å².